The number of Topliss-reactive ketones (excluding diaryl/α,β-unsaturated/α-hetero) is 1. The number of benzene rings is 4. The van der Waals surface area contributed by atoms with Crippen LogP contribution in [0.2, 0.25) is 0 Å². The first-order valence-electron chi connectivity index (χ1n) is 12.7. The molecular formula is C31H26FN5O3. The highest BCUT2D eigenvalue weighted by Crippen LogP contribution is 2.31. The predicted molar refractivity (Wildman–Crippen MR) is 149 cm³/mol. The Hall–Kier alpha value is -5.18. The monoisotopic (exact) mass is 535 g/mol. The molecule has 1 atom stereocenters. The lowest BCUT2D eigenvalue weighted by molar-refractivity contribution is -0.127. The molecule has 8 nitrogen and oxygen atoms in total. The summed E-state index contributed by atoms with van der Waals surface area (Å²) < 4.78 is 16.7. The average Bonchev–Trinajstić information content (AvgIpc) is 3.38. The Kier molecular flexibility index (Phi) is 7.72. The van der Waals surface area contributed by atoms with E-state index in [1.165, 1.54) is 34.7 Å². The third-order valence-corrected chi connectivity index (χ3v) is 6.54. The number of halogens is 1. The van der Waals surface area contributed by atoms with Gasteiger partial charge in [-0.05, 0) is 55.0 Å². The van der Waals surface area contributed by atoms with Crippen molar-refractivity contribution in [2.75, 3.05) is 4.90 Å². The van der Waals surface area contributed by atoms with Gasteiger partial charge in [-0.3, -0.25) is 19.3 Å². The van der Waals surface area contributed by atoms with Gasteiger partial charge in [-0.1, -0.05) is 65.9 Å². The van der Waals surface area contributed by atoms with Gasteiger partial charge in [0.1, 0.15) is 23.9 Å². The number of hydrogen-bond acceptors (Lipinski definition) is 5. The SMILES string of the molecule is CC(=O)c1ccc(N(C(=O)Cn2nnc3ccccc32)C(C(=O)NCc2ccccc2)c2ccccc2F)cc1. The van der Waals surface area contributed by atoms with E-state index in [2.05, 4.69) is 15.6 Å². The van der Waals surface area contributed by atoms with Crippen LogP contribution in [-0.2, 0) is 22.7 Å². The largest absolute Gasteiger partial charge is 0.350 e. The van der Waals surface area contributed by atoms with Gasteiger partial charge in [0, 0.05) is 23.4 Å². The zero-order chi connectivity index (χ0) is 28.1. The maximum Gasteiger partial charge on any atom is 0.249 e. The number of anilines is 1. The molecule has 0 spiro atoms. The van der Waals surface area contributed by atoms with Crippen molar-refractivity contribution in [3.05, 3.63) is 126 Å². The number of rotatable bonds is 9. The Balaban J connectivity index is 1.58. The third kappa shape index (κ3) is 5.63. The van der Waals surface area contributed by atoms with Gasteiger partial charge in [-0.15, -0.1) is 5.10 Å². The quantitative estimate of drug-likeness (QED) is 0.272. The van der Waals surface area contributed by atoms with Crippen molar-refractivity contribution in [3.63, 3.8) is 0 Å². The molecule has 1 heterocycles. The summed E-state index contributed by atoms with van der Waals surface area (Å²) >= 11 is 0. The molecule has 0 radical (unpaired) electrons. The van der Waals surface area contributed by atoms with Crippen molar-refractivity contribution in [2.24, 2.45) is 0 Å². The molecule has 4 aromatic carbocycles. The molecule has 1 aromatic heterocycles. The average molecular weight is 536 g/mol. The van der Waals surface area contributed by atoms with Gasteiger partial charge in [0.05, 0.1) is 5.52 Å². The first-order chi connectivity index (χ1) is 19.4. The molecule has 0 saturated carbocycles. The van der Waals surface area contributed by atoms with E-state index in [-0.39, 0.29) is 24.4 Å². The second-order valence-electron chi connectivity index (χ2n) is 9.23. The highest BCUT2D eigenvalue weighted by atomic mass is 19.1. The molecular weight excluding hydrogens is 509 g/mol. The fourth-order valence-corrected chi connectivity index (χ4v) is 4.51. The normalized spacial score (nSPS) is 11.7. The standard InChI is InChI=1S/C31H26FN5O3/c1-21(38)23-15-17-24(18-16-23)37(29(39)20-36-28-14-8-7-13-27(28)34-35-36)30(25-11-5-6-12-26(25)32)31(40)33-19-22-9-3-2-4-10-22/h2-18,30H,19-20H2,1H3,(H,33,40). The van der Waals surface area contributed by atoms with E-state index in [4.69, 9.17) is 0 Å². The summed E-state index contributed by atoms with van der Waals surface area (Å²) in [6.07, 6.45) is 0. The van der Waals surface area contributed by atoms with Gasteiger partial charge in [-0.25, -0.2) is 9.07 Å². The molecule has 5 aromatic rings. The minimum atomic E-state index is -1.35. The Morgan fingerprint density at radius 1 is 0.875 bits per heavy atom. The highest BCUT2D eigenvalue weighted by Gasteiger charge is 2.35. The van der Waals surface area contributed by atoms with E-state index < -0.39 is 23.7 Å². The molecule has 0 bridgehead atoms. The lowest BCUT2D eigenvalue weighted by atomic mass is 10.0. The molecule has 1 N–H and O–H groups in total. The van der Waals surface area contributed by atoms with Gasteiger partial charge in [0.25, 0.3) is 0 Å². The highest BCUT2D eigenvalue weighted by molar-refractivity contribution is 6.02. The topological polar surface area (TPSA) is 97.2 Å². The maximum atomic E-state index is 15.3. The minimum Gasteiger partial charge on any atom is -0.350 e. The van der Waals surface area contributed by atoms with Crippen LogP contribution in [0.4, 0.5) is 10.1 Å². The zero-order valence-electron chi connectivity index (χ0n) is 21.7. The van der Waals surface area contributed by atoms with Crippen molar-refractivity contribution < 1.29 is 18.8 Å². The molecule has 40 heavy (non-hydrogen) atoms. The Morgan fingerprint density at radius 3 is 2.27 bits per heavy atom. The van der Waals surface area contributed by atoms with Crippen LogP contribution >= 0.6 is 0 Å². The second kappa shape index (κ2) is 11.7. The van der Waals surface area contributed by atoms with E-state index in [1.807, 2.05) is 42.5 Å². The summed E-state index contributed by atoms with van der Waals surface area (Å²) in [6.45, 7) is 1.36. The van der Waals surface area contributed by atoms with Crippen molar-refractivity contribution in [3.8, 4) is 0 Å². The first-order valence-corrected chi connectivity index (χ1v) is 12.7. The zero-order valence-corrected chi connectivity index (χ0v) is 21.7. The fourth-order valence-electron chi connectivity index (χ4n) is 4.51. The van der Waals surface area contributed by atoms with Crippen LogP contribution in [-0.4, -0.2) is 32.6 Å². The second-order valence-corrected chi connectivity index (χ2v) is 9.23. The van der Waals surface area contributed by atoms with Crippen molar-refractivity contribution in [1.29, 1.82) is 0 Å². The third-order valence-electron chi connectivity index (χ3n) is 6.54. The smallest absolute Gasteiger partial charge is 0.249 e. The number of ketones is 1. The van der Waals surface area contributed by atoms with Gasteiger partial charge in [-0.2, -0.15) is 0 Å². The molecule has 5 rings (SSSR count). The molecule has 200 valence electrons. The molecule has 0 aliphatic heterocycles. The summed E-state index contributed by atoms with van der Waals surface area (Å²) in [5.41, 5.74) is 2.89. The van der Waals surface area contributed by atoms with E-state index in [1.54, 1.807) is 42.5 Å². The van der Waals surface area contributed by atoms with Crippen molar-refractivity contribution in [2.45, 2.75) is 26.1 Å². The van der Waals surface area contributed by atoms with E-state index in [0.29, 0.717) is 22.3 Å². The summed E-state index contributed by atoms with van der Waals surface area (Å²) in [7, 11) is 0. The van der Waals surface area contributed by atoms with Crippen LogP contribution in [0.5, 0.6) is 0 Å². The summed E-state index contributed by atoms with van der Waals surface area (Å²) in [5.74, 6) is -1.87. The van der Waals surface area contributed by atoms with Crippen LogP contribution in [0.1, 0.15) is 34.5 Å². The molecule has 0 aliphatic carbocycles. The molecule has 1 unspecified atom stereocenters. The molecule has 0 fully saturated rings. The van der Waals surface area contributed by atoms with Crippen molar-refractivity contribution in [1.82, 2.24) is 20.3 Å². The maximum absolute atomic E-state index is 15.3. The molecule has 0 saturated heterocycles. The molecule has 0 aliphatic rings. The van der Waals surface area contributed by atoms with Crippen LogP contribution < -0.4 is 10.2 Å². The first kappa shape index (κ1) is 26.4. The Morgan fingerprint density at radius 2 is 1.55 bits per heavy atom. The van der Waals surface area contributed by atoms with Crippen LogP contribution in [0, 0.1) is 5.82 Å². The van der Waals surface area contributed by atoms with Gasteiger partial charge in [0.15, 0.2) is 5.78 Å². The summed E-state index contributed by atoms with van der Waals surface area (Å²) in [5, 5.41) is 11.1. The summed E-state index contributed by atoms with van der Waals surface area (Å²) in [6, 6.07) is 27.3. The van der Waals surface area contributed by atoms with Gasteiger partial charge in [0.2, 0.25) is 11.8 Å². The van der Waals surface area contributed by atoms with Gasteiger partial charge >= 0.3 is 0 Å². The van der Waals surface area contributed by atoms with E-state index in [0.717, 1.165) is 5.56 Å². The van der Waals surface area contributed by atoms with Crippen LogP contribution in [0.25, 0.3) is 11.0 Å². The lowest BCUT2D eigenvalue weighted by Crippen LogP contribution is -2.45. The van der Waals surface area contributed by atoms with Crippen LogP contribution in [0.15, 0.2) is 103 Å². The van der Waals surface area contributed by atoms with Gasteiger partial charge < -0.3 is 5.32 Å². The Labute approximate surface area is 230 Å². The fraction of sp³-hybridized carbons (Fsp3) is 0.129. The van der Waals surface area contributed by atoms with Crippen molar-refractivity contribution >= 4 is 34.3 Å². The molecule has 2 amide bonds. The number of carbonyl (C=O) groups excluding carboxylic acids is 3. The number of aromatic nitrogens is 3. The van der Waals surface area contributed by atoms with E-state index >= 15 is 4.39 Å². The minimum absolute atomic E-state index is 0.0282. The molecule has 9 heteroatoms. The Bertz CT molecular complexity index is 1670. The number of nitrogens with one attached hydrogen (secondary N) is 1. The number of carbonyl (C=O) groups is 3. The predicted octanol–water partition coefficient (Wildman–Crippen LogP) is 4.86. The number of hydrogen-bond donors (Lipinski definition) is 1. The summed E-state index contributed by atoms with van der Waals surface area (Å²) in [4.78, 5) is 41.0. The lowest BCUT2D eigenvalue weighted by Gasteiger charge is -2.32. The number of amides is 2. The number of nitrogens with zero attached hydrogens (tertiary/aromatic N) is 4. The number of para-hydroxylation sites is 1. The van der Waals surface area contributed by atoms with E-state index in [9.17, 15) is 14.4 Å². The number of fused-ring (bicyclic) bond motifs is 1. The van der Waals surface area contributed by atoms with Crippen LogP contribution in [0.3, 0.4) is 0 Å².